The van der Waals surface area contributed by atoms with Crippen LogP contribution in [0.1, 0.15) is 38.1 Å². The summed E-state index contributed by atoms with van der Waals surface area (Å²) in [7, 11) is 1.31. The summed E-state index contributed by atoms with van der Waals surface area (Å²) in [5, 5.41) is 0. The number of alkyl halides is 3. The zero-order chi connectivity index (χ0) is 20.3. The second kappa shape index (κ2) is 8.39. The van der Waals surface area contributed by atoms with Crippen LogP contribution in [0.25, 0.3) is 0 Å². The number of carbonyl (C=O) groups is 2. The predicted octanol–water partition coefficient (Wildman–Crippen LogP) is 4.33. The molecule has 0 radical (unpaired) electrons. The van der Waals surface area contributed by atoms with Gasteiger partial charge in [0.2, 0.25) is 0 Å². The summed E-state index contributed by atoms with van der Waals surface area (Å²) in [6.45, 7) is 6.15. The minimum absolute atomic E-state index is 0.149. The van der Waals surface area contributed by atoms with Gasteiger partial charge >= 0.3 is 18.1 Å². The van der Waals surface area contributed by atoms with Crippen molar-refractivity contribution in [3.63, 3.8) is 0 Å². The Morgan fingerprint density at radius 2 is 1.81 bits per heavy atom. The Labute approximate surface area is 158 Å². The van der Waals surface area contributed by atoms with Gasteiger partial charge in [-0.3, -0.25) is 9.69 Å². The topological polar surface area (TPSA) is 55.8 Å². The molecule has 26 heavy (non-hydrogen) atoms. The quantitative estimate of drug-likeness (QED) is 0.640. The van der Waals surface area contributed by atoms with Crippen molar-refractivity contribution in [2.24, 2.45) is 0 Å². The molecular formula is C17H21BrF3NO4. The molecule has 0 fully saturated rings. The molecule has 0 aliphatic carbocycles. The molecule has 0 saturated heterocycles. The van der Waals surface area contributed by atoms with Crippen LogP contribution in [0.4, 0.5) is 18.9 Å². The van der Waals surface area contributed by atoms with Crippen LogP contribution in [0.3, 0.4) is 0 Å². The fraction of sp³-hybridized carbons (Fsp3) is 0.529. The molecule has 0 bridgehead atoms. The number of hydrogen-bond acceptors (Lipinski definition) is 4. The second-order valence-corrected chi connectivity index (χ2v) is 7.56. The maximum Gasteiger partial charge on any atom is 0.471 e. The van der Waals surface area contributed by atoms with Gasteiger partial charge in [0.1, 0.15) is 5.60 Å². The lowest BCUT2D eigenvalue weighted by Gasteiger charge is -2.31. The van der Waals surface area contributed by atoms with E-state index in [2.05, 4.69) is 15.9 Å². The summed E-state index contributed by atoms with van der Waals surface area (Å²) < 4.78 is 49.9. The number of nitrogens with zero attached hydrogens (tertiary/aromatic N) is 1. The highest BCUT2D eigenvalue weighted by Gasteiger charge is 2.45. The highest BCUT2D eigenvalue weighted by Crippen LogP contribution is 2.32. The highest BCUT2D eigenvalue weighted by molar-refractivity contribution is 9.10. The number of anilines is 1. The number of amides is 1. The van der Waals surface area contributed by atoms with Gasteiger partial charge in [-0.25, -0.2) is 4.79 Å². The van der Waals surface area contributed by atoms with Crippen molar-refractivity contribution < 1.29 is 32.2 Å². The lowest BCUT2D eigenvalue weighted by molar-refractivity contribution is -0.171. The van der Waals surface area contributed by atoms with E-state index in [1.807, 2.05) is 0 Å². The monoisotopic (exact) mass is 439 g/mol. The summed E-state index contributed by atoms with van der Waals surface area (Å²) in [6, 6.07) is 3.10. The summed E-state index contributed by atoms with van der Waals surface area (Å²) in [5.74, 6) is -2.92. The Kier molecular flexibility index (Phi) is 7.24. The average molecular weight is 440 g/mol. The fourth-order valence-electron chi connectivity index (χ4n) is 2.21. The summed E-state index contributed by atoms with van der Waals surface area (Å²) >= 11 is 3.16. The molecule has 0 spiro atoms. The molecule has 0 aromatic heterocycles. The van der Waals surface area contributed by atoms with E-state index in [-0.39, 0.29) is 17.9 Å². The predicted molar refractivity (Wildman–Crippen MR) is 94.2 cm³/mol. The third-order valence-electron chi connectivity index (χ3n) is 3.15. The number of esters is 1. The number of carbonyl (C=O) groups excluding carboxylic acids is 2. The summed E-state index contributed by atoms with van der Waals surface area (Å²) in [4.78, 5) is 25.0. The largest absolute Gasteiger partial charge is 0.471 e. The highest BCUT2D eigenvalue weighted by atomic mass is 79.9. The Balaban J connectivity index is 3.52. The molecule has 0 aliphatic rings. The molecule has 1 amide bonds. The van der Waals surface area contributed by atoms with Gasteiger partial charge in [-0.05, 0) is 45.9 Å². The SMILES string of the molecule is COCC(C)N(C(=O)C(F)(F)F)c1cc(Br)ccc1C(=O)OC(C)(C)C. The van der Waals surface area contributed by atoms with Crippen molar-refractivity contribution in [2.75, 3.05) is 18.6 Å². The van der Waals surface area contributed by atoms with Gasteiger partial charge in [0.05, 0.1) is 23.9 Å². The number of rotatable bonds is 5. The summed E-state index contributed by atoms with van der Waals surface area (Å²) in [6.07, 6.45) is -5.12. The van der Waals surface area contributed by atoms with E-state index in [4.69, 9.17) is 9.47 Å². The molecule has 0 aliphatic heterocycles. The van der Waals surface area contributed by atoms with Gasteiger partial charge < -0.3 is 9.47 Å². The van der Waals surface area contributed by atoms with E-state index >= 15 is 0 Å². The van der Waals surface area contributed by atoms with Crippen LogP contribution in [0.2, 0.25) is 0 Å². The van der Waals surface area contributed by atoms with Crippen molar-refractivity contribution in [1.82, 2.24) is 0 Å². The van der Waals surface area contributed by atoms with Crippen LogP contribution >= 0.6 is 15.9 Å². The van der Waals surface area contributed by atoms with Crippen LogP contribution in [0, 0.1) is 0 Å². The van der Waals surface area contributed by atoms with Crippen molar-refractivity contribution in [2.45, 2.75) is 45.5 Å². The molecule has 0 saturated carbocycles. The van der Waals surface area contributed by atoms with Gasteiger partial charge in [0.25, 0.3) is 0 Å². The fourth-order valence-corrected chi connectivity index (χ4v) is 2.56. The molecule has 9 heteroatoms. The molecule has 0 N–H and O–H groups in total. The standard InChI is InChI=1S/C17H21BrF3NO4/c1-10(9-25-5)22(15(24)17(19,20)21)13-8-11(18)6-7-12(13)14(23)26-16(2,3)4/h6-8,10H,9H2,1-5H3. The summed E-state index contributed by atoms with van der Waals surface area (Å²) in [5.41, 5.74) is -1.21. The van der Waals surface area contributed by atoms with Crippen LogP contribution in [0.15, 0.2) is 22.7 Å². The number of hydrogen-bond donors (Lipinski definition) is 0. The minimum Gasteiger partial charge on any atom is -0.456 e. The van der Waals surface area contributed by atoms with Crippen molar-refractivity contribution in [3.05, 3.63) is 28.2 Å². The first kappa shape index (κ1) is 22.4. The van der Waals surface area contributed by atoms with Crippen LogP contribution < -0.4 is 4.90 Å². The number of halogens is 4. The van der Waals surface area contributed by atoms with Gasteiger partial charge in [0, 0.05) is 11.6 Å². The third kappa shape index (κ3) is 5.98. The van der Waals surface area contributed by atoms with E-state index in [0.29, 0.717) is 9.37 Å². The van der Waals surface area contributed by atoms with E-state index in [0.717, 1.165) is 0 Å². The molecule has 1 atom stereocenters. The Bertz CT molecular complexity index is 671. The molecule has 0 heterocycles. The molecule has 1 aromatic carbocycles. The Morgan fingerprint density at radius 3 is 2.27 bits per heavy atom. The molecule has 1 unspecified atom stereocenters. The molecular weight excluding hydrogens is 419 g/mol. The number of benzene rings is 1. The maximum absolute atomic E-state index is 13.1. The maximum atomic E-state index is 13.1. The normalized spacial score (nSPS) is 13.3. The first-order chi connectivity index (χ1) is 11.8. The first-order valence-corrected chi connectivity index (χ1v) is 8.49. The minimum atomic E-state index is -5.12. The zero-order valence-electron chi connectivity index (χ0n) is 15.1. The number of methoxy groups -OCH3 is 1. The third-order valence-corrected chi connectivity index (χ3v) is 3.64. The van der Waals surface area contributed by atoms with Gasteiger partial charge in [0.15, 0.2) is 0 Å². The van der Waals surface area contributed by atoms with Crippen molar-refractivity contribution >= 4 is 33.5 Å². The van der Waals surface area contributed by atoms with Gasteiger partial charge in [-0.15, -0.1) is 0 Å². The zero-order valence-corrected chi connectivity index (χ0v) is 16.7. The Morgan fingerprint density at radius 1 is 1.23 bits per heavy atom. The smallest absolute Gasteiger partial charge is 0.456 e. The Hall–Kier alpha value is -1.61. The van der Waals surface area contributed by atoms with Gasteiger partial charge in [-0.2, -0.15) is 13.2 Å². The van der Waals surface area contributed by atoms with Crippen LogP contribution in [0.5, 0.6) is 0 Å². The van der Waals surface area contributed by atoms with E-state index < -0.39 is 29.7 Å². The lowest BCUT2D eigenvalue weighted by atomic mass is 10.1. The average Bonchev–Trinajstić information content (AvgIpc) is 2.44. The van der Waals surface area contributed by atoms with Gasteiger partial charge in [-0.1, -0.05) is 15.9 Å². The van der Waals surface area contributed by atoms with Crippen LogP contribution in [-0.4, -0.2) is 43.4 Å². The lowest BCUT2D eigenvalue weighted by Crippen LogP contribution is -2.48. The van der Waals surface area contributed by atoms with Crippen molar-refractivity contribution in [3.8, 4) is 0 Å². The van der Waals surface area contributed by atoms with E-state index in [1.165, 1.54) is 32.2 Å². The van der Waals surface area contributed by atoms with E-state index in [9.17, 15) is 22.8 Å². The van der Waals surface area contributed by atoms with Crippen LogP contribution in [-0.2, 0) is 14.3 Å². The molecule has 5 nitrogen and oxygen atoms in total. The molecule has 146 valence electrons. The number of ether oxygens (including phenoxy) is 2. The molecule has 1 aromatic rings. The van der Waals surface area contributed by atoms with Crippen molar-refractivity contribution in [1.29, 1.82) is 0 Å². The molecule has 1 rings (SSSR count). The first-order valence-electron chi connectivity index (χ1n) is 7.70. The second-order valence-electron chi connectivity index (χ2n) is 6.64. The van der Waals surface area contributed by atoms with E-state index in [1.54, 1.807) is 20.8 Å².